The van der Waals surface area contributed by atoms with Crippen molar-refractivity contribution in [3.63, 3.8) is 0 Å². The van der Waals surface area contributed by atoms with E-state index in [0.29, 0.717) is 5.56 Å². The van der Waals surface area contributed by atoms with Gasteiger partial charge in [-0.2, -0.15) is 8.78 Å². The molecule has 1 saturated carbocycles. The minimum atomic E-state index is -3.34. The standard InChI is InChI=1S/C22H23F5N4O4/c1-21(2,10-23)35-20(33)28-15-14(4-3-7-22(15,26)27)31-9-12-6-5-11(8-13(12)19(31)32)17-29-30-18(34-17)16(24)25/h5-6,8,14-16H,3-4,7,9-10H2,1-2H3,(H,28,33)/t14-,15+/m1/s1. The van der Waals surface area contributed by atoms with Gasteiger partial charge in [0.15, 0.2) is 0 Å². The maximum absolute atomic E-state index is 14.9. The zero-order chi connectivity index (χ0) is 25.5. The third-order valence-electron chi connectivity index (χ3n) is 6.03. The number of nitrogens with zero attached hydrogens (tertiary/aromatic N) is 3. The van der Waals surface area contributed by atoms with E-state index >= 15 is 0 Å². The molecule has 8 nitrogen and oxygen atoms in total. The van der Waals surface area contributed by atoms with Crippen LogP contribution in [-0.2, 0) is 11.3 Å². The smallest absolute Gasteiger partial charge is 0.408 e. The van der Waals surface area contributed by atoms with Crippen LogP contribution in [-0.4, -0.2) is 57.4 Å². The molecule has 2 amide bonds. The molecule has 2 aromatic rings. The molecule has 0 radical (unpaired) electrons. The van der Waals surface area contributed by atoms with Crippen molar-refractivity contribution in [3.05, 3.63) is 35.2 Å². The summed E-state index contributed by atoms with van der Waals surface area (Å²) in [5.41, 5.74) is -0.577. The molecule has 1 aromatic heterocycles. The monoisotopic (exact) mass is 502 g/mol. The van der Waals surface area contributed by atoms with Gasteiger partial charge in [0.05, 0.1) is 6.04 Å². The van der Waals surface area contributed by atoms with Crippen LogP contribution in [0.4, 0.5) is 26.7 Å². The number of halogens is 5. The molecule has 13 heteroatoms. The topological polar surface area (TPSA) is 97.6 Å². The highest BCUT2D eigenvalue weighted by molar-refractivity contribution is 5.99. The first-order chi connectivity index (χ1) is 16.4. The molecule has 35 heavy (non-hydrogen) atoms. The second kappa shape index (κ2) is 9.08. The van der Waals surface area contributed by atoms with E-state index in [0.717, 1.165) is 0 Å². The minimum absolute atomic E-state index is 0.00448. The van der Waals surface area contributed by atoms with Gasteiger partial charge < -0.3 is 19.4 Å². The van der Waals surface area contributed by atoms with Crippen molar-refractivity contribution >= 4 is 12.0 Å². The number of aromatic nitrogens is 2. The lowest BCUT2D eigenvalue weighted by atomic mass is 9.86. The molecule has 0 saturated heterocycles. The Balaban J connectivity index is 1.57. The molecule has 1 aliphatic carbocycles. The van der Waals surface area contributed by atoms with Crippen molar-refractivity contribution in [2.75, 3.05) is 6.67 Å². The number of nitrogens with one attached hydrogen (secondary N) is 1. The van der Waals surface area contributed by atoms with Gasteiger partial charge in [0.1, 0.15) is 18.3 Å². The van der Waals surface area contributed by atoms with Gasteiger partial charge in [-0.25, -0.2) is 18.0 Å². The first-order valence-corrected chi connectivity index (χ1v) is 10.9. The summed E-state index contributed by atoms with van der Waals surface area (Å²) < 4.78 is 78.2. The van der Waals surface area contributed by atoms with Crippen molar-refractivity contribution < 1.29 is 40.7 Å². The van der Waals surface area contributed by atoms with Gasteiger partial charge in [0.25, 0.3) is 17.7 Å². The predicted octanol–water partition coefficient (Wildman–Crippen LogP) is 4.66. The summed E-state index contributed by atoms with van der Waals surface area (Å²) in [6, 6.07) is 1.62. The summed E-state index contributed by atoms with van der Waals surface area (Å²) in [4.78, 5) is 26.7. The van der Waals surface area contributed by atoms with Gasteiger partial charge in [-0.15, -0.1) is 10.2 Å². The van der Waals surface area contributed by atoms with Crippen LogP contribution in [0.2, 0.25) is 0 Å². The number of hydrogen-bond donors (Lipinski definition) is 1. The Bertz CT molecular complexity index is 1120. The molecular weight excluding hydrogens is 479 g/mol. The van der Waals surface area contributed by atoms with Crippen LogP contribution >= 0.6 is 0 Å². The quantitative estimate of drug-likeness (QED) is 0.577. The Kier molecular flexibility index (Phi) is 6.45. The number of rotatable bonds is 6. The molecule has 1 aromatic carbocycles. The molecular formula is C22H23F5N4O4. The average Bonchev–Trinajstić information content (AvgIpc) is 3.40. The Labute approximate surface area is 196 Å². The zero-order valence-electron chi connectivity index (χ0n) is 18.9. The summed E-state index contributed by atoms with van der Waals surface area (Å²) in [6.07, 6.45) is -4.35. The minimum Gasteiger partial charge on any atom is -0.441 e. The number of hydrogen-bond acceptors (Lipinski definition) is 6. The van der Waals surface area contributed by atoms with Crippen molar-refractivity contribution in [2.24, 2.45) is 0 Å². The number of alkyl carbamates (subject to hydrolysis) is 1. The Morgan fingerprint density at radius 3 is 2.74 bits per heavy atom. The molecule has 190 valence electrons. The van der Waals surface area contributed by atoms with Crippen LogP contribution in [0.15, 0.2) is 22.6 Å². The third-order valence-corrected chi connectivity index (χ3v) is 6.03. The van der Waals surface area contributed by atoms with Crippen molar-refractivity contribution in [1.29, 1.82) is 0 Å². The molecule has 2 heterocycles. The number of alkyl halides is 5. The summed E-state index contributed by atoms with van der Waals surface area (Å²) in [6.45, 7) is 1.60. The van der Waals surface area contributed by atoms with E-state index in [1.54, 1.807) is 6.07 Å². The first kappa shape index (κ1) is 24.9. The highest BCUT2D eigenvalue weighted by atomic mass is 19.3. The fourth-order valence-corrected chi connectivity index (χ4v) is 4.29. The van der Waals surface area contributed by atoms with E-state index in [-0.39, 0.29) is 36.4 Å². The van der Waals surface area contributed by atoms with E-state index in [4.69, 9.17) is 9.15 Å². The van der Waals surface area contributed by atoms with Gasteiger partial charge in [0, 0.05) is 24.1 Å². The van der Waals surface area contributed by atoms with Crippen LogP contribution in [0, 0.1) is 0 Å². The lowest BCUT2D eigenvalue weighted by Crippen LogP contribution is -2.62. The Morgan fingerprint density at radius 1 is 1.34 bits per heavy atom. The maximum atomic E-state index is 14.9. The number of benzene rings is 1. The molecule has 1 aliphatic heterocycles. The number of ether oxygens (including phenoxy) is 1. The lowest BCUT2D eigenvalue weighted by molar-refractivity contribution is -0.0914. The highest BCUT2D eigenvalue weighted by Gasteiger charge is 2.52. The van der Waals surface area contributed by atoms with Gasteiger partial charge >= 0.3 is 12.5 Å². The third kappa shape index (κ3) is 4.94. The molecule has 1 fully saturated rings. The molecule has 2 atom stereocenters. The van der Waals surface area contributed by atoms with Gasteiger partial charge in [0.2, 0.25) is 5.89 Å². The number of carbonyl (C=O) groups is 2. The second-order valence-corrected chi connectivity index (χ2v) is 9.18. The average molecular weight is 502 g/mol. The van der Waals surface area contributed by atoms with Crippen LogP contribution in [0.3, 0.4) is 0 Å². The Morgan fingerprint density at radius 2 is 2.09 bits per heavy atom. The summed E-state index contributed by atoms with van der Waals surface area (Å²) in [7, 11) is 0. The van der Waals surface area contributed by atoms with Gasteiger partial charge in [-0.3, -0.25) is 4.79 Å². The lowest BCUT2D eigenvalue weighted by Gasteiger charge is -2.42. The highest BCUT2D eigenvalue weighted by Crippen LogP contribution is 2.39. The van der Waals surface area contributed by atoms with E-state index in [9.17, 15) is 31.5 Å². The van der Waals surface area contributed by atoms with Gasteiger partial charge in [-0.1, -0.05) is 6.07 Å². The fourth-order valence-electron chi connectivity index (χ4n) is 4.29. The molecule has 2 aliphatic rings. The van der Waals surface area contributed by atoms with Crippen LogP contribution in [0.5, 0.6) is 0 Å². The molecule has 1 N–H and O–H groups in total. The zero-order valence-corrected chi connectivity index (χ0v) is 18.9. The van der Waals surface area contributed by atoms with Crippen LogP contribution in [0.25, 0.3) is 11.5 Å². The van der Waals surface area contributed by atoms with E-state index < -0.39 is 61.0 Å². The SMILES string of the molecule is CC(C)(CF)OC(=O)N[C@H]1[C@H](N2Cc3ccc(-c4nnc(C(F)F)o4)cc3C2=O)CCCC1(F)F. The van der Waals surface area contributed by atoms with Crippen molar-refractivity contribution in [3.8, 4) is 11.5 Å². The predicted molar refractivity (Wildman–Crippen MR) is 111 cm³/mol. The second-order valence-electron chi connectivity index (χ2n) is 9.18. The maximum Gasteiger partial charge on any atom is 0.408 e. The van der Waals surface area contributed by atoms with Gasteiger partial charge in [-0.05, 0) is 44.4 Å². The number of amides is 2. The van der Waals surface area contributed by atoms with Crippen LogP contribution < -0.4 is 5.32 Å². The summed E-state index contributed by atoms with van der Waals surface area (Å²) in [5.74, 6) is -4.98. The van der Waals surface area contributed by atoms with E-state index in [1.165, 1.54) is 30.9 Å². The largest absolute Gasteiger partial charge is 0.441 e. The summed E-state index contributed by atoms with van der Waals surface area (Å²) >= 11 is 0. The molecule has 0 unspecified atom stereocenters. The van der Waals surface area contributed by atoms with E-state index in [1.807, 2.05) is 0 Å². The van der Waals surface area contributed by atoms with Crippen molar-refractivity contribution in [2.45, 2.75) is 69.7 Å². The normalized spacial score (nSPS) is 21.8. The molecule has 0 spiro atoms. The Hall–Kier alpha value is -3.25. The van der Waals surface area contributed by atoms with Crippen LogP contribution in [0.1, 0.15) is 61.3 Å². The number of carbonyl (C=O) groups excluding carboxylic acids is 2. The summed E-state index contributed by atoms with van der Waals surface area (Å²) in [5, 5.41) is 8.96. The van der Waals surface area contributed by atoms with Crippen molar-refractivity contribution in [1.82, 2.24) is 20.4 Å². The molecule has 4 rings (SSSR count). The first-order valence-electron chi connectivity index (χ1n) is 10.9. The fraction of sp³-hybridized carbons (Fsp3) is 0.545. The molecule has 0 bridgehead atoms. The number of fused-ring (bicyclic) bond motifs is 1. The van der Waals surface area contributed by atoms with E-state index in [2.05, 4.69) is 15.5 Å².